The van der Waals surface area contributed by atoms with E-state index >= 15 is 0 Å². The smallest absolute Gasteiger partial charge is 0.224 e. The molecule has 6 heteroatoms. The third-order valence-corrected chi connectivity index (χ3v) is 4.62. The number of aromatic nitrogens is 2. The molecule has 0 fully saturated rings. The molecule has 0 aliphatic carbocycles. The number of nitrogens with one attached hydrogen (secondary N) is 3. The average Bonchev–Trinajstić information content (AvgIpc) is 2.73. The molecule has 3 aromatic rings. The Morgan fingerprint density at radius 3 is 2.47 bits per heavy atom. The van der Waals surface area contributed by atoms with E-state index in [2.05, 4.69) is 57.1 Å². The van der Waals surface area contributed by atoms with Crippen LogP contribution in [0.5, 0.6) is 0 Å². The van der Waals surface area contributed by atoms with E-state index in [4.69, 9.17) is 0 Å². The lowest BCUT2D eigenvalue weighted by atomic mass is 10.1. The molecule has 0 aliphatic heterocycles. The van der Waals surface area contributed by atoms with Crippen LogP contribution in [0, 0.1) is 13.8 Å². The summed E-state index contributed by atoms with van der Waals surface area (Å²) in [5.41, 5.74) is 4.32. The van der Waals surface area contributed by atoms with Crippen molar-refractivity contribution in [2.24, 2.45) is 0 Å². The fourth-order valence-corrected chi connectivity index (χ4v) is 3.06. The molecule has 6 nitrogen and oxygen atoms in total. The topological polar surface area (TPSA) is 78.9 Å². The molecule has 0 atom stereocenters. The summed E-state index contributed by atoms with van der Waals surface area (Å²) >= 11 is 0. The number of anilines is 3. The maximum Gasteiger partial charge on any atom is 0.224 e. The molecule has 1 heterocycles. The molecule has 0 bridgehead atoms. The Morgan fingerprint density at radius 1 is 0.933 bits per heavy atom. The fourth-order valence-electron chi connectivity index (χ4n) is 3.06. The highest BCUT2D eigenvalue weighted by molar-refractivity contribution is 5.75. The summed E-state index contributed by atoms with van der Waals surface area (Å²) in [4.78, 5) is 20.9. The van der Waals surface area contributed by atoms with Crippen LogP contribution in [0.3, 0.4) is 0 Å². The molecule has 1 amide bonds. The van der Waals surface area contributed by atoms with Crippen molar-refractivity contribution in [2.45, 2.75) is 33.1 Å². The first-order valence-electron chi connectivity index (χ1n) is 10.3. The van der Waals surface area contributed by atoms with Crippen molar-refractivity contribution in [1.82, 2.24) is 15.3 Å². The molecule has 156 valence electrons. The molecule has 3 N–H and O–H groups in total. The minimum absolute atomic E-state index is 0.0691. The van der Waals surface area contributed by atoms with Crippen molar-refractivity contribution in [3.63, 3.8) is 0 Å². The van der Waals surface area contributed by atoms with Gasteiger partial charge in [0, 0.05) is 37.0 Å². The highest BCUT2D eigenvalue weighted by atomic mass is 16.1. The number of rotatable bonds is 10. The SMILES string of the molecule is Cc1ccc(Nc2cc(C)nc(NCCNC(=O)CCCc3ccccc3)n2)cc1. The molecule has 0 aliphatic rings. The van der Waals surface area contributed by atoms with Gasteiger partial charge >= 0.3 is 0 Å². The molecule has 1 aromatic heterocycles. The van der Waals surface area contributed by atoms with E-state index in [-0.39, 0.29) is 5.91 Å². The number of nitrogens with zero attached hydrogens (tertiary/aromatic N) is 2. The highest BCUT2D eigenvalue weighted by Gasteiger charge is 2.04. The van der Waals surface area contributed by atoms with Gasteiger partial charge in [0.1, 0.15) is 5.82 Å². The Morgan fingerprint density at radius 2 is 1.70 bits per heavy atom. The number of aryl methyl sites for hydroxylation is 3. The summed E-state index contributed by atoms with van der Waals surface area (Å²) in [5, 5.41) is 9.42. The highest BCUT2D eigenvalue weighted by Crippen LogP contribution is 2.17. The second-order valence-corrected chi connectivity index (χ2v) is 7.33. The van der Waals surface area contributed by atoms with E-state index in [1.807, 2.05) is 43.3 Å². The van der Waals surface area contributed by atoms with Crippen molar-refractivity contribution in [2.75, 3.05) is 23.7 Å². The van der Waals surface area contributed by atoms with Gasteiger partial charge in [-0.15, -0.1) is 0 Å². The van der Waals surface area contributed by atoms with E-state index in [9.17, 15) is 4.79 Å². The van der Waals surface area contributed by atoms with Crippen molar-refractivity contribution in [3.05, 3.63) is 77.5 Å². The van der Waals surface area contributed by atoms with Gasteiger partial charge in [-0.2, -0.15) is 4.98 Å². The zero-order valence-electron chi connectivity index (χ0n) is 17.6. The monoisotopic (exact) mass is 403 g/mol. The van der Waals surface area contributed by atoms with Crippen molar-refractivity contribution in [1.29, 1.82) is 0 Å². The van der Waals surface area contributed by atoms with Crippen LogP contribution < -0.4 is 16.0 Å². The summed E-state index contributed by atoms with van der Waals surface area (Å²) in [6, 6.07) is 20.3. The Hall–Kier alpha value is -3.41. The van der Waals surface area contributed by atoms with E-state index in [1.54, 1.807) is 0 Å². The van der Waals surface area contributed by atoms with Gasteiger partial charge in [-0.3, -0.25) is 4.79 Å². The van der Waals surface area contributed by atoms with Crippen LogP contribution in [-0.2, 0) is 11.2 Å². The quantitative estimate of drug-likeness (QED) is 0.438. The largest absolute Gasteiger partial charge is 0.354 e. The first kappa shape index (κ1) is 21.3. The molecule has 2 aromatic carbocycles. The van der Waals surface area contributed by atoms with Crippen molar-refractivity contribution < 1.29 is 4.79 Å². The lowest BCUT2D eigenvalue weighted by Crippen LogP contribution is -2.29. The van der Waals surface area contributed by atoms with Crippen LogP contribution in [0.25, 0.3) is 0 Å². The van der Waals surface area contributed by atoms with Gasteiger partial charge in [-0.05, 0) is 44.4 Å². The average molecular weight is 404 g/mol. The number of hydrogen-bond acceptors (Lipinski definition) is 5. The van der Waals surface area contributed by atoms with Crippen LogP contribution in [0.4, 0.5) is 17.5 Å². The van der Waals surface area contributed by atoms with Gasteiger partial charge in [0.25, 0.3) is 0 Å². The normalized spacial score (nSPS) is 10.5. The van der Waals surface area contributed by atoms with E-state index < -0.39 is 0 Å². The maximum absolute atomic E-state index is 12.0. The molecule has 3 rings (SSSR count). The van der Waals surface area contributed by atoms with Crippen LogP contribution >= 0.6 is 0 Å². The van der Waals surface area contributed by atoms with E-state index in [1.165, 1.54) is 11.1 Å². The molecular formula is C24H29N5O. The van der Waals surface area contributed by atoms with Gasteiger partial charge in [-0.1, -0.05) is 48.0 Å². The fraction of sp³-hybridized carbons (Fsp3) is 0.292. The molecular weight excluding hydrogens is 374 g/mol. The van der Waals surface area contributed by atoms with Crippen LogP contribution in [0.15, 0.2) is 60.7 Å². The number of hydrogen-bond donors (Lipinski definition) is 3. The number of benzene rings is 2. The minimum atomic E-state index is 0.0691. The van der Waals surface area contributed by atoms with Gasteiger partial charge < -0.3 is 16.0 Å². The number of carbonyl (C=O) groups excluding carboxylic acids is 1. The molecule has 0 radical (unpaired) electrons. The summed E-state index contributed by atoms with van der Waals surface area (Å²) in [6.07, 6.45) is 2.29. The molecule has 0 spiro atoms. The summed E-state index contributed by atoms with van der Waals surface area (Å²) in [6.45, 7) is 5.09. The van der Waals surface area contributed by atoms with Crippen molar-refractivity contribution >= 4 is 23.4 Å². The number of amides is 1. The van der Waals surface area contributed by atoms with Gasteiger partial charge in [0.2, 0.25) is 11.9 Å². The van der Waals surface area contributed by atoms with Crippen molar-refractivity contribution in [3.8, 4) is 0 Å². The zero-order chi connectivity index (χ0) is 21.2. The predicted molar refractivity (Wildman–Crippen MR) is 122 cm³/mol. The first-order valence-corrected chi connectivity index (χ1v) is 10.3. The molecule has 0 unspecified atom stereocenters. The van der Waals surface area contributed by atoms with Gasteiger partial charge in [0.15, 0.2) is 0 Å². The van der Waals surface area contributed by atoms with E-state index in [0.717, 1.165) is 30.0 Å². The van der Waals surface area contributed by atoms with Crippen LogP contribution in [-0.4, -0.2) is 29.0 Å². The minimum Gasteiger partial charge on any atom is -0.354 e. The molecule has 0 saturated heterocycles. The lowest BCUT2D eigenvalue weighted by Gasteiger charge is -2.11. The first-order chi connectivity index (χ1) is 14.6. The Bertz CT molecular complexity index is 942. The second-order valence-electron chi connectivity index (χ2n) is 7.33. The molecule has 0 saturated carbocycles. The Kier molecular flexibility index (Phi) is 7.78. The third-order valence-electron chi connectivity index (χ3n) is 4.62. The van der Waals surface area contributed by atoms with Gasteiger partial charge in [0.05, 0.1) is 0 Å². The maximum atomic E-state index is 12.0. The third kappa shape index (κ3) is 7.20. The Labute approximate surface area is 178 Å². The number of carbonyl (C=O) groups is 1. The standard InChI is InChI=1S/C24H29N5O/c1-18-11-13-21(14-12-18)28-22-17-19(2)27-24(29-22)26-16-15-25-23(30)10-6-9-20-7-4-3-5-8-20/h3-5,7-8,11-14,17H,6,9-10,15-16H2,1-2H3,(H,25,30)(H2,26,27,28,29). The summed E-state index contributed by atoms with van der Waals surface area (Å²) in [5.74, 6) is 1.35. The predicted octanol–water partition coefficient (Wildman–Crippen LogP) is 4.39. The van der Waals surface area contributed by atoms with Crippen LogP contribution in [0.2, 0.25) is 0 Å². The Balaban J connectivity index is 1.39. The second kappa shape index (κ2) is 11.0. The van der Waals surface area contributed by atoms with E-state index in [0.29, 0.717) is 25.5 Å². The summed E-state index contributed by atoms with van der Waals surface area (Å²) < 4.78 is 0. The van der Waals surface area contributed by atoms with Gasteiger partial charge in [-0.25, -0.2) is 4.98 Å². The lowest BCUT2D eigenvalue weighted by molar-refractivity contribution is -0.121. The molecule has 30 heavy (non-hydrogen) atoms. The summed E-state index contributed by atoms with van der Waals surface area (Å²) in [7, 11) is 0. The van der Waals surface area contributed by atoms with Crippen LogP contribution in [0.1, 0.15) is 29.7 Å². The zero-order valence-corrected chi connectivity index (χ0v) is 17.6.